The van der Waals surface area contributed by atoms with E-state index < -0.39 is 0 Å². The third-order valence-electron chi connectivity index (χ3n) is 18.3. The molecule has 0 amide bonds. The van der Waals surface area contributed by atoms with Crippen LogP contribution in [0.1, 0.15) is 0 Å². The maximum Gasteiger partial charge on any atom is 0.235 e. The van der Waals surface area contributed by atoms with Gasteiger partial charge in [-0.1, -0.05) is 255 Å². The fourth-order valence-electron chi connectivity index (χ4n) is 14.0. The van der Waals surface area contributed by atoms with Crippen LogP contribution in [0.3, 0.4) is 0 Å². The standard InChI is InChI=1S/C46H30N4.C40H26N4/c1-4-14-31(15-5-1)32-24-26-34(27-25-32)41-30-40(33-16-6-2-7-17-33)47-46(48-41)50-43-23-13-11-21-37(43)39-28-44-38(29-45(39)50)36-20-10-12-22-42(36)49(44)35-18-8-3-9-19-35;1-4-14-27(15-5-1)34-26-35(28-16-6-2-7-17-28)42-40(41-34)44-37-23-13-11-21-31(37)33-24-38-32(25-39(33)44)30-20-10-12-22-36(30)43(38)29-18-8-3-9-19-29/h1-30H;1-26H. The number of fused-ring (bicyclic) bond motifs is 12. The molecule has 0 saturated carbocycles. The van der Waals surface area contributed by atoms with Crippen molar-refractivity contribution in [2.45, 2.75) is 0 Å². The minimum absolute atomic E-state index is 0.644. The molecular weight excluding hydrogens is 1150 g/mol. The maximum absolute atomic E-state index is 5.32. The molecule has 0 bridgehead atoms. The van der Waals surface area contributed by atoms with E-state index >= 15 is 0 Å². The van der Waals surface area contributed by atoms with Gasteiger partial charge >= 0.3 is 0 Å². The molecule has 0 aliphatic carbocycles. The highest BCUT2D eigenvalue weighted by Gasteiger charge is 2.23. The van der Waals surface area contributed by atoms with Gasteiger partial charge in [-0.05, 0) is 96.1 Å². The molecule has 6 aromatic heterocycles. The first-order valence-corrected chi connectivity index (χ1v) is 31.8. The van der Waals surface area contributed by atoms with E-state index in [1.807, 2.05) is 24.3 Å². The highest BCUT2D eigenvalue weighted by molar-refractivity contribution is 6.20. The molecule has 6 heterocycles. The van der Waals surface area contributed by atoms with Crippen molar-refractivity contribution in [3.63, 3.8) is 0 Å². The van der Waals surface area contributed by atoms with Crippen LogP contribution in [-0.4, -0.2) is 38.2 Å². The Morgan fingerprint density at radius 2 is 0.383 bits per heavy atom. The van der Waals surface area contributed by atoms with Crippen molar-refractivity contribution in [2.75, 3.05) is 0 Å². The summed E-state index contributed by atoms with van der Waals surface area (Å²) in [7, 11) is 0. The smallest absolute Gasteiger partial charge is 0.235 e. The monoisotopic (exact) mass is 1200 g/mol. The lowest BCUT2D eigenvalue weighted by Gasteiger charge is -2.12. The minimum atomic E-state index is 0.644. The van der Waals surface area contributed by atoms with Crippen LogP contribution in [0.4, 0.5) is 0 Å². The second kappa shape index (κ2) is 22.6. The third kappa shape index (κ3) is 9.22. The molecule has 94 heavy (non-hydrogen) atoms. The first-order valence-electron chi connectivity index (χ1n) is 31.8. The van der Waals surface area contributed by atoms with Crippen molar-refractivity contribution >= 4 is 87.2 Å². The zero-order chi connectivity index (χ0) is 62.1. The van der Waals surface area contributed by atoms with Crippen LogP contribution in [0.5, 0.6) is 0 Å². The fourth-order valence-corrected chi connectivity index (χ4v) is 14.0. The summed E-state index contributed by atoms with van der Waals surface area (Å²) in [5, 5.41) is 9.48. The van der Waals surface area contributed by atoms with Gasteiger partial charge in [0.1, 0.15) is 0 Å². The Bertz CT molecular complexity index is 6000. The Kier molecular flexibility index (Phi) is 13.0. The number of aromatic nitrogens is 8. The first-order chi connectivity index (χ1) is 46.6. The zero-order valence-corrected chi connectivity index (χ0v) is 50.9. The quantitative estimate of drug-likeness (QED) is 0.144. The molecule has 19 aromatic rings. The van der Waals surface area contributed by atoms with Crippen molar-refractivity contribution in [3.8, 4) is 79.4 Å². The molecule has 0 fully saturated rings. The minimum Gasteiger partial charge on any atom is -0.309 e. The van der Waals surface area contributed by atoms with Gasteiger partial charge in [0.25, 0.3) is 0 Å². The second-order valence-corrected chi connectivity index (χ2v) is 23.8. The van der Waals surface area contributed by atoms with E-state index in [9.17, 15) is 0 Å². The van der Waals surface area contributed by atoms with Gasteiger partial charge < -0.3 is 9.13 Å². The molecule has 0 unspecified atom stereocenters. The Balaban J connectivity index is 0.000000139. The van der Waals surface area contributed by atoms with Gasteiger partial charge in [-0.3, -0.25) is 9.13 Å². The van der Waals surface area contributed by atoms with E-state index in [1.165, 1.54) is 65.5 Å². The summed E-state index contributed by atoms with van der Waals surface area (Å²) >= 11 is 0. The van der Waals surface area contributed by atoms with Crippen LogP contribution in [-0.2, 0) is 0 Å². The predicted octanol–water partition coefficient (Wildman–Crippen LogP) is 21.7. The molecule has 0 aliphatic rings. The average molecular weight is 1200 g/mol. The summed E-state index contributed by atoms with van der Waals surface area (Å²) in [6.45, 7) is 0. The summed E-state index contributed by atoms with van der Waals surface area (Å²) < 4.78 is 9.22. The summed E-state index contributed by atoms with van der Waals surface area (Å²) in [5.74, 6) is 1.30. The Morgan fingerprint density at radius 3 is 0.702 bits per heavy atom. The molecule has 0 aliphatic heterocycles. The highest BCUT2D eigenvalue weighted by Crippen LogP contribution is 2.43. The normalized spacial score (nSPS) is 11.6. The first kappa shape index (κ1) is 54.2. The van der Waals surface area contributed by atoms with Crippen LogP contribution >= 0.6 is 0 Å². The molecular formula is C86H56N8. The van der Waals surface area contributed by atoms with Gasteiger partial charge in [-0.2, -0.15) is 0 Å². The lowest BCUT2D eigenvalue weighted by atomic mass is 10.0. The largest absolute Gasteiger partial charge is 0.309 e. The molecule has 0 N–H and O–H groups in total. The van der Waals surface area contributed by atoms with Crippen LogP contribution in [0.2, 0.25) is 0 Å². The van der Waals surface area contributed by atoms with Gasteiger partial charge in [-0.15, -0.1) is 0 Å². The Hall–Kier alpha value is -12.8. The van der Waals surface area contributed by atoms with Gasteiger partial charge in [0.05, 0.1) is 66.9 Å². The molecule has 8 heteroatoms. The van der Waals surface area contributed by atoms with E-state index in [4.69, 9.17) is 19.9 Å². The number of benzene rings is 13. The third-order valence-corrected chi connectivity index (χ3v) is 18.3. The Morgan fingerprint density at radius 1 is 0.160 bits per heavy atom. The van der Waals surface area contributed by atoms with Crippen LogP contribution in [0.25, 0.3) is 167 Å². The SMILES string of the molecule is c1ccc(-c2cc(-c3ccccc3)nc(-n3c4ccccc4c4cc5c(cc43)c3ccccc3n5-c3ccccc3)n2)cc1.c1ccc(-c2ccc(-c3cc(-c4ccccc4)nc(-n4c5ccccc5c5cc6c(cc54)c4ccccc4n6-c4ccccc4)n3)cc2)cc1. The number of para-hydroxylation sites is 6. The van der Waals surface area contributed by atoms with Crippen LogP contribution in [0.15, 0.2) is 340 Å². The predicted molar refractivity (Wildman–Crippen MR) is 389 cm³/mol. The number of nitrogens with zero attached hydrogens (tertiary/aromatic N) is 8. The molecule has 13 aromatic carbocycles. The molecule has 0 spiro atoms. The van der Waals surface area contributed by atoms with Gasteiger partial charge in [0, 0.05) is 76.7 Å². The van der Waals surface area contributed by atoms with Crippen molar-refractivity contribution in [2.24, 2.45) is 0 Å². The molecule has 440 valence electrons. The summed E-state index contributed by atoms with van der Waals surface area (Å²) in [6, 6.07) is 120. The average Bonchev–Trinajstić information content (AvgIpc) is 1.57. The Labute approximate surface area is 541 Å². The summed E-state index contributed by atoms with van der Waals surface area (Å²) in [6.07, 6.45) is 0. The van der Waals surface area contributed by atoms with Gasteiger partial charge in [0.15, 0.2) is 0 Å². The maximum atomic E-state index is 5.32. The molecule has 8 nitrogen and oxygen atoms in total. The van der Waals surface area contributed by atoms with E-state index in [-0.39, 0.29) is 0 Å². The zero-order valence-electron chi connectivity index (χ0n) is 50.9. The lowest BCUT2D eigenvalue weighted by molar-refractivity contribution is 0.996. The topological polar surface area (TPSA) is 71.3 Å². The molecule has 19 rings (SSSR count). The number of hydrogen-bond donors (Lipinski definition) is 0. The molecule has 0 saturated heterocycles. The van der Waals surface area contributed by atoms with Crippen molar-refractivity contribution < 1.29 is 0 Å². The van der Waals surface area contributed by atoms with Gasteiger partial charge in [0.2, 0.25) is 11.9 Å². The van der Waals surface area contributed by atoms with Crippen LogP contribution < -0.4 is 0 Å². The highest BCUT2D eigenvalue weighted by atomic mass is 15.2. The van der Waals surface area contributed by atoms with E-state index in [0.717, 1.165) is 89.2 Å². The number of hydrogen-bond acceptors (Lipinski definition) is 4. The lowest BCUT2D eigenvalue weighted by Crippen LogP contribution is -2.04. The number of rotatable bonds is 9. The van der Waals surface area contributed by atoms with Crippen molar-refractivity contribution in [1.29, 1.82) is 0 Å². The fraction of sp³-hybridized carbons (Fsp3) is 0. The molecule has 0 atom stereocenters. The molecule has 0 radical (unpaired) electrons. The summed E-state index contributed by atoms with van der Waals surface area (Å²) in [5.41, 5.74) is 21.4. The van der Waals surface area contributed by atoms with Crippen molar-refractivity contribution in [3.05, 3.63) is 340 Å². The van der Waals surface area contributed by atoms with E-state index in [2.05, 4.69) is 334 Å². The van der Waals surface area contributed by atoms with E-state index in [0.29, 0.717) is 11.9 Å². The van der Waals surface area contributed by atoms with E-state index in [1.54, 1.807) is 0 Å². The van der Waals surface area contributed by atoms with Crippen molar-refractivity contribution in [1.82, 2.24) is 38.2 Å². The summed E-state index contributed by atoms with van der Waals surface area (Å²) in [4.78, 5) is 21.0. The van der Waals surface area contributed by atoms with Crippen LogP contribution in [0, 0.1) is 0 Å². The van der Waals surface area contributed by atoms with Gasteiger partial charge in [-0.25, -0.2) is 19.9 Å². The second-order valence-electron chi connectivity index (χ2n) is 23.8.